The van der Waals surface area contributed by atoms with E-state index >= 15 is 0 Å². The highest BCUT2D eigenvalue weighted by Gasteiger charge is 2.14. The van der Waals surface area contributed by atoms with E-state index in [2.05, 4.69) is 25.6 Å². The number of amides is 1. The van der Waals surface area contributed by atoms with Crippen LogP contribution in [0.1, 0.15) is 5.56 Å². The van der Waals surface area contributed by atoms with Crippen LogP contribution in [0.25, 0.3) is 11.2 Å². The van der Waals surface area contributed by atoms with Crippen molar-refractivity contribution in [3.05, 3.63) is 71.3 Å². The number of nitrogens with zero attached hydrogens (tertiary/aromatic N) is 5. The summed E-state index contributed by atoms with van der Waals surface area (Å²) in [4.78, 5) is 20.6. The molecule has 29 heavy (non-hydrogen) atoms. The number of carbonyl (C=O) groups is 1. The Kier molecular flexibility index (Phi) is 5.68. The van der Waals surface area contributed by atoms with Gasteiger partial charge in [-0.15, -0.1) is 5.10 Å². The minimum Gasteiger partial charge on any atom is -0.323 e. The van der Waals surface area contributed by atoms with E-state index < -0.39 is 5.82 Å². The molecule has 10 heteroatoms. The van der Waals surface area contributed by atoms with Crippen LogP contribution in [0.2, 0.25) is 5.02 Å². The second-order valence-electron chi connectivity index (χ2n) is 6.04. The van der Waals surface area contributed by atoms with Crippen LogP contribution in [0.15, 0.2) is 59.9 Å². The molecule has 4 aromatic rings. The first-order valence-corrected chi connectivity index (χ1v) is 9.92. The zero-order valence-corrected chi connectivity index (χ0v) is 16.5. The number of aromatic nitrogens is 5. The van der Waals surface area contributed by atoms with Crippen molar-refractivity contribution in [3.8, 4) is 0 Å². The molecule has 0 radical (unpaired) electrons. The molecule has 0 aliphatic carbocycles. The molecule has 0 saturated heterocycles. The maximum absolute atomic E-state index is 13.7. The number of anilines is 1. The second kappa shape index (κ2) is 8.54. The maximum atomic E-state index is 13.7. The molecule has 0 bridgehead atoms. The van der Waals surface area contributed by atoms with E-state index in [0.29, 0.717) is 27.8 Å². The first-order chi connectivity index (χ1) is 14.1. The number of thioether (sulfide) groups is 1. The monoisotopic (exact) mass is 428 g/mol. The molecule has 2 aromatic carbocycles. The van der Waals surface area contributed by atoms with E-state index in [4.69, 9.17) is 11.6 Å². The first-order valence-electron chi connectivity index (χ1n) is 8.56. The highest BCUT2D eigenvalue weighted by atomic mass is 35.5. The van der Waals surface area contributed by atoms with Crippen LogP contribution in [-0.4, -0.2) is 36.6 Å². The van der Waals surface area contributed by atoms with Gasteiger partial charge in [-0.05, 0) is 29.8 Å². The van der Waals surface area contributed by atoms with Gasteiger partial charge in [0.25, 0.3) is 0 Å². The van der Waals surface area contributed by atoms with Gasteiger partial charge >= 0.3 is 0 Å². The van der Waals surface area contributed by atoms with Crippen molar-refractivity contribution in [2.75, 3.05) is 11.1 Å². The smallest absolute Gasteiger partial charge is 0.234 e. The third kappa shape index (κ3) is 4.52. The standard InChI is InChI=1S/C19H14ClFN6OS/c20-13-7-5-12(6-8-13)9-27-18-17(25-26-27)19(23-11-22-18)29-10-16(28)24-15-4-2-1-3-14(15)21/h1-8,11H,9-10H2,(H,24,28). The molecule has 2 heterocycles. The zero-order chi connectivity index (χ0) is 20.2. The van der Waals surface area contributed by atoms with Crippen LogP contribution in [0.5, 0.6) is 0 Å². The summed E-state index contributed by atoms with van der Waals surface area (Å²) in [7, 11) is 0. The molecule has 4 rings (SSSR count). The topological polar surface area (TPSA) is 85.6 Å². The summed E-state index contributed by atoms with van der Waals surface area (Å²) in [6, 6.07) is 13.4. The molecule has 146 valence electrons. The van der Waals surface area contributed by atoms with Crippen molar-refractivity contribution >= 4 is 46.1 Å². The zero-order valence-electron chi connectivity index (χ0n) is 14.9. The fraction of sp³-hybridized carbons (Fsp3) is 0.105. The van der Waals surface area contributed by atoms with Crippen molar-refractivity contribution in [3.63, 3.8) is 0 Å². The molecule has 2 aromatic heterocycles. The molecular weight excluding hydrogens is 415 g/mol. The van der Waals surface area contributed by atoms with Crippen molar-refractivity contribution < 1.29 is 9.18 Å². The normalized spacial score (nSPS) is 11.0. The highest BCUT2D eigenvalue weighted by Crippen LogP contribution is 2.23. The number of carbonyl (C=O) groups excluding carboxylic acids is 1. The van der Waals surface area contributed by atoms with Gasteiger partial charge in [-0.1, -0.05) is 52.8 Å². The molecule has 7 nitrogen and oxygen atoms in total. The predicted octanol–water partition coefficient (Wildman–Crippen LogP) is 3.79. The number of rotatable bonds is 6. The molecule has 0 spiro atoms. The molecule has 0 unspecified atom stereocenters. The third-order valence-corrected chi connectivity index (χ3v) is 5.23. The average molecular weight is 429 g/mol. The van der Waals surface area contributed by atoms with Gasteiger partial charge in [0.05, 0.1) is 18.0 Å². The number of benzene rings is 2. The fourth-order valence-corrected chi connectivity index (χ4v) is 3.49. The molecular formula is C19H14ClFN6OS. The third-order valence-electron chi connectivity index (χ3n) is 4.00. The Morgan fingerprint density at radius 1 is 1.14 bits per heavy atom. The van der Waals surface area contributed by atoms with Crippen molar-refractivity contribution in [1.82, 2.24) is 25.0 Å². The quantitative estimate of drug-likeness (QED) is 0.371. The van der Waals surface area contributed by atoms with Crippen LogP contribution >= 0.6 is 23.4 Å². The summed E-state index contributed by atoms with van der Waals surface area (Å²) in [6.45, 7) is 0.475. The second-order valence-corrected chi connectivity index (χ2v) is 7.44. The average Bonchev–Trinajstić information content (AvgIpc) is 3.13. The van der Waals surface area contributed by atoms with Crippen molar-refractivity contribution in [1.29, 1.82) is 0 Å². The maximum Gasteiger partial charge on any atom is 0.234 e. The Hall–Kier alpha value is -3.04. The molecule has 1 amide bonds. The van der Waals surface area contributed by atoms with Gasteiger partial charge in [0.15, 0.2) is 11.2 Å². The summed E-state index contributed by atoms with van der Waals surface area (Å²) < 4.78 is 15.3. The van der Waals surface area contributed by atoms with Crippen LogP contribution in [0.3, 0.4) is 0 Å². The van der Waals surface area contributed by atoms with Crippen LogP contribution < -0.4 is 5.32 Å². The highest BCUT2D eigenvalue weighted by molar-refractivity contribution is 8.00. The minimum absolute atomic E-state index is 0.0461. The van der Waals surface area contributed by atoms with Crippen molar-refractivity contribution in [2.45, 2.75) is 11.6 Å². The summed E-state index contributed by atoms with van der Waals surface area (Å²) >= 11 is 7.10. The van der Waals surface area contributed by atoms with Gasteiger partial charge in [0.1, 0.15) is 17.2 Å². The molecule has 1 N–H and O–H groups in total. The van der Waals surface area contributed by atoms with Crippen LogP contribution in [0, 0.1) is 5.82 Å². The number of halogens is 2. The number of fused-ring (bicyclic) bond motifs is 1. The van der Waals surface area contributed by atoms with Crippen molar-refractivity contribution in [2.24, 2.45) is 0 Å². The minimum atomic E-state index is -0.486. The lowest BCUT2D eigenvalue weighted by atomic mass is 10.2. The molecule has 0 saturated carbocycles. The molecule has 0 aliphatic heterocycles. The van der Waals surface area contributed by atoms with Gasteiger partial charge in [-0.25, -0.2) is 19.0 Å². The lowest BCUT2D eigenvalue weighted by Gasteiger charge is -2.06. The van der Waals surface area contributed by atoms with E-state index in [0.717, 1.165) is 5.56 Å². The SMILES string of the molecule is O=C(CSc1ncnc2c1nnn2Cc1ccc(Cl)cc1)Nc1ccccc1F. The van der Waals surface area contributed by atoms with E-state index in [1.54, 1.807) is 28.9 Å². The van der Waals surface area contributed by atoms with E-state index in [9.17, 15) is 9.18 Å². The molecule has 0 aliphatic rings. The largest absolute Gasteiger partial charge is 0.323 e. The van der Waals surface area contributed by atoms with Gasteiger partial charge in [0.2, 0.25) is 5.91 Å². The molecule has 0 fully saturated rings. The Morgan fingerprint density at radius 3 is 2.72 bits per heavy atom. The lowest BCUT2D eigenvalue weighted by molar-refractivity contribution is -0.113. The van der Waals surface area contributed by atoms with E-state index in [-0.39, 0.29) is 17.3 Å². The summed E-state index contributed by atoms with van der Waals surface area (Å²) in [5.74, 6) is -0.786. The van der Waals surface area contributed by atoms with Gasteiger partial charge in [-0.2, -0.15) is 0 Å². The summed E-state index contributed by atoms with van der Waals surface area (Å²) in [6.07, 6.45) is 1.40. The van der Waals surface area contributed by atoms with Gasteiger partial charge in [0, 0.05) is 5.02 Å². The fourth-order valence-electron chi connectivity index (χ4n) is 2.63. The number of para-hydroxylation sites is 1. The summed E-state index contributed by atoms with van der Waals surface area (Å²) in [5, 5.41) is 12.0. The van der Waals surface area contributed by atoms with Crippen LogP contribution in [-0.2, 0) is 11.3 Å². The molecule has 0 atom stereocenters. The predicted molar refractivity (Wildman–Crippen MR) is 109 cm³/mol. The van der Waals surface area contributed by atoms with Gasteiger partial charge in [-0.3, -0.25) is 4.79 Å². The number of nitrogens with one attached hydrogen (secondary N) is 1. The van der Waals surface area contributed by atoms with E-state index in [1.165, 1.54) is 30.2 Å². The number of hydrogen-bond donors (Lipinski definition) is 1. The summed E-state index contributed by atoms with van der Waals surface area (Å²) in [5.41, 5.74) is 2.20. The number of hydrogen-bond acceptors (Lipinski definition) is 6. The van der Waals surface area contributed by atoms with Gasteiger partial charge < -0.3 is 5.32 Å². The Morgan fingerprint density at radius 2 is 1.93 bits per heavy atom. The first kappa shape index (κ1) is 19.3. The Bertz CT molecular complexity index is 1170. The van der Waals surface area contributed by atoms with E-state index in [1.807, 2.05) is 12.1 Å². The lowest BCUT2D eigenvalue weighted by Crippen LogP contribution is -2.15. The van der Waals surface area contributed by atoms with Crippen LogP contribution in [0.4, 0.5) is 10.1 Å². The Balaban J connectivity index is 1.47. The Labute approximate surface area is 174 Å².